The Balaban J connectivity index is 2.46. The third-order valence-electron chi connectivity index (χ3n) is 2.74. The third-order valence-corrected chi connectivity index (χ3v) is 4.26. The van der Waals surface area contributed by atoms with Crippen LogP contribution in [-0.2, 0) is 0 Å². The van der Waals surface area contributed by atoms with Crippen LogP contribution < -0.4 is 10.1 Å². The van der Waals surface area contributed by atoms with E-state index in [0.29, 0.717) is 19.8 Å². The van der Waals surface area contributed by atoms with E-state index in [1.807, 2.05) is 0 Å². The van der Waals surface area contributed by atoms with E-state index in [4.69, 9.17) is 23.2 Å². The summed E-state index contributed by atoms with van der Waals surface area (Å²) in [5.74, 6) is -0.275. The third kappa shape index (κ3) is 4.03. The molecule has 0 aliphatic carbocycles. The van der Waals surface area contributed by atoms with E-state index in [-0.39, 0.29) is 5.75 Å². The highest BCUT2D eigenvalue weighted by Gasteiger charge is 2.33. The van der Waals surface area contributed by atoms with Crippen molar-refractivity contribution >= 4 is 34.5 Å². The Kier molecular flexibility index (Phi) is 5.03. The first kappa shape index (κ1) is 16.4. The van der Waals surface area contributed by atoms with Gasteiger partial charge in [0, 0.05) is 11.1 Å². The molecular weight excluding hydrogens is 346 g/mol. The highest BCUT2D eigenvalue weighted by molar-refractivity contribution is 7.20. The molecular formula is C13H10Cl2F3NOS. The number of nitrogens with one attached hydrogen (secondary N) is 1. The summed E-state index contributed by atoms with van der Waals surface area (Å²) in [6.45, 7) is 0. The van der Waals surface area contributed by atoms with Crippen molar-refractivity contribution in [3.05, 3.63) is 50.1 Å². The molecule has 0 spiro atoms. The summed E-state index contributed by atoms with van der Waals surface area (Å²) in [4.78, 5) is 0. The molecule has 0 aliphatic heterocycles. The molecule has 8 heteroatoms. The van der Waals surface area contributed by atoms with Gasteiger partial charge in [-0.25, -0.2) is 0 Å². The molecule has 114 valence electrons. The van der Waals surface area contributed by atoms with Crippen LogP contribution in [0.15, 0.2) is 30.3 Å². The molecule has 0 fully saturated rings. The van der Waals surface area contributed by atoms with Crippen LogP contribution in [0.5, 0.6) is 5.75 Å². The molecule has 21 heavy (non-hydrogen) atoms. The maximum atomic E-state index is 12.5. The number of thiophene rings is 1. The predicted octanol–water partition coefficient (Wildman–Crippen LogP) is 5.26. The average molecular weight is 356 g/mol. The van der Waals surface area contributed by atoms with Crippen LogP contribution >= 0.6 is 34.5 Å². The fourth-order valence-electron chi connectivity index (χ4n) is 1.96. The molecule has 0 saturated heterocycles. The second-order valence-electron chi connectivity index (χ2n) is 4.09. The Morgan fingerprint density at radius 2 is 1.86 bits per heavy atom. The Labute approximate surface area is 133 Å². The van der Waals surface area contributed by atoms with Crippen molar-refractivity contribution in [2.45, 2.75) is 12.4 Å². The van der Waals surface area contributed by atoms with Crippen LogP contribution in [0.2, 0.25) is 8.67 Å². The lowest BCUT2D eigenvalue weighted by atomic mass is 10.0. The minimum Gasteiger partial charge on any atom is -0.405 e. The van der Waals surface area contributed by atoms with Crippen LogP contribution in [0.1, 0.15) is 17.2 Å². The van der Waals surface area contributed by atoms with Gasteiger partial charge in [-0.3, -0.25) is 0 Å². The quantitative estimate of drug-likeness (QED) is 0.807. The minimum atomic E-state index is -4.76. The fraction of sp³-hybridized carbons (Fsp3) is 0.231. The standard InChI is InChI=1S/C13H10Cl2F3NOS/c1-19-11(8-6-10(14)21-12(8)15)7-4-2-3-5-9(7)20-13(16,17)18/h2-6,11,19H,1H3. The molecule has 0 saturated carbocycles. The lowest BCUT2D eigenvalue weighted by Gasteiger charge is -2.20. The number of benzene rings is 1. The summed E-state index contributed by atoms with van der Waals surface area (Å²) in [5, 5.41) is 2.93. The van der Waals surface area contributed by atoms with Crippen molar-refractivity contribution in [1.29, 1.82) is 0 Å². The smallest absolute Gasteiger partial charge is 0.405 e. The Bertz CT molecular complexity index is 630. The predicted molar refractivity (Wildman–Crippen MR) is 78.4 cm³/mol. The summed E-state index contributed by atoms with van der Waals surface area (Å²) in [5.41, 5.74) is 0.932. The van der Waals surface area contributed by atoms with Gasteiger partial charge in [0.1, 0.15) is 5.75 Å². The Morgan fingerprint density at radius 3 is 2.38 bits per heavy atom. The Morgan fingerprint density at radius 1 is 1.19 bits per heavy atom. The molecule has 1 N–H and O–H groups in total. The normalized spacial score (nSPS) is 13.2. The number of hydrogen-bond acceptors (Lipinski definition) is 3. The molecule has 1 aromatic heterocycles. The molecule has 0 bridgehead atoms. The van der Waals surface area contributed by atoms with E-state index in [1.54, 1.807) is 25.2 Å². The van der Waals surface area contributed by atoms with Gasteiger partial charge in [0.15, 0.2) is 0 Å². The minimum absolute atomic E-state index is 0.275. The van der Waals surface area contributed by atoms with E-state index >= 15 is 0 Å². The van der Waals surface area contributed by atoms with Crippen LogP contribution in [0, 0.1) is 0 Å². The first-order valence-electron chi connectivity index (χ1n) is 5.78. The van der Waals surface area contributed by atoms with Crippen LogP contribution in [0.3, 0.4) is 0 Å². The lowest BCUT2D eigenvalue weighted by molar-refractivity contribution is -0.275. The number of hydrogen-bond donors (Lipinski definition) is 1. The topological polar surface area (TPSA) is 21.3 Å². The number of ether oxygens (including phenoxy) is 1. The zero-order chi connectivity index (χ0) is 15.6. The largest absolute Gasteiger partial charge is 0.573 e. The molecule has 0 amide bonds. The molecule has 0 radical (unpaired) electrons. The number of halogens is 5. The average Bonchev–Trinajstić information content (AvgIpc) is 2.70. The zero-order valence-electron chi connectivity index (χ0n) is 10.7. The van der Waals surface area contributed by atoms with Gasteiger partial charge in [0.25, 0.3) is 0 Å². The highest BCUT2D eigenvalue weighted by Crippen LogP contribution is 2.40. The van der Waals surface area contributed by atoms with Crippen molar-refractivity contribution < 1.29 is 17.9 Å². The van der Waals surface area contributed by atoms with Gasteiger partial charge < -0.3 is 10.1 Å². The second-order valence-corrected chi connectivity index (χ2v) is 6.37. The maximum absolute atomic E-state index is 12.5. The van der Waals surface area contributed by atoms with Gasteiger partial charge in [-0.1, -0.05) is 41.4 Å². The number of alkyl halides is 3. The van der Waals surface area contributed by atoms with E-state index in [9.17, 15) is 13.2 Å². The summed E-state index contributed by atoms with van der Waals surface area (Å²) >= 11 is 13.1. The van der Waals surface area contributed by atoms with Crippen LogP contribution in [0.25, 0.3) is 0 Å². The van der Waals surface area contributed by atoms with Gasteiger partial charge in [0.05, 0.1) is 14.7 Å². The van der Waals surface area contributed by atoms with Gasteiger partial charge in [0.2, 0.25) is 0 Å². The van der Waals surface area contributed by atoms with Gasteiger partial charge in [-0.2, -0.15) is 0 Å². The molecule has 1 unspecified atom stereocenters. The van der Waals surface area contributed by atoms with Gasteiger partial charge >= 0.3 is 6.36 Å². The SMILES string of the molecule is CNC(c1ccccc1OC(F)(F)F)c1cc(Cl)sc1Cl. The summed E-state index contributed by atoms with van der Waals surface area (Å²) in [6, 6.07) is 6.98. The fourth-order valence-corrected chi connectivity index (χ4v) is 3.50. The van der Waals surface area contributed by atoms with Crippen LogP contribution in [0.4, 0.5) is 13.2 Å². The molecule has 2 nitrogen and oxygen atoms in total. The molecule has 2 aromatic rings. The maximum Gasteiger partial charge on any atom is 0.573 e. The van der Waals surface area contributed by atoms with Gasteiger partial charge in [-0.05, 0) is 19.2 Å². The van der Waals surface area contributed by atoms with Crippen molar-refractivity contribution in [3.63, 3.8) is 0 Å². The first-order valence-corrected chi connectivity index (χ1v) is 7.35. The van der Waals surface area contributed by atoms with E-state index in [1.165, 1.54) is 12.1 Å². The molecule has 1 heterocycles. The molecule has 0 aliphatic rings. The molecule has 1 aromatic carbocycles. The molecule has 1 atom stereocenters. The first-order chi connectivity index (χ1) is 9.81. The summed E-state index contributed by atoms with van der Waals surface area (Å²) < 4.78 is 42.4. The second kappa shape index (κ2) is 6.44. The van der Waals surface area contributed by atoms with E-state index in [0.717, 1.165) is 11.3 Å². The van der Waals surface area contributed by atoms with E-state index in [2.05, 4.69) is 10.1 Å². The van der Waals surface area contributed by atoms with Crippen molar-refractivity contribution in [2.24, 2.45) is 0 Å². The van der Waals surface area contributed by atoms with Crippen LogP contribution in [-0.4, -0.2) is 13.4 Å². The van der Waals surface area contributed by atoms with Gasteiger partial charge in [-0.15, -0.1) is 24.5 Å². The van der Waals surface area contributed by atoms with E-state index < -0.39 is 12.4 Å². The monoisotopic (exact) mass is 355 g/mol. The van der Waals surface area contributed by atoms with Crippen molar-refractivity contribution in [2.75, 3.05) is 7.05 Å². The highest BCUT2D eigenvalue weighted by atomic mass is 35.5. The summed E-state index contributed by atoms with van der Waals surface area (Å²) in [6.07, 6.45) is -4.76. The lowest BCUT2D eigenvalue weighted by Crippen LogP contribution is -2.22. The summed E-state index contributed by atoms with van der Waals surface area (Å²) in [7, 11) is 1.62. The number of rotatable bonds is 4. The van der Waals surface area contributed by atoms with Crippen molar-refractivity contribution in [1.82, 2.24) is 5.32 Å². The number of para-hydroxylation sites is 1. The zero-order valence-corrected chi connectivity index (χ0v) is 13.0. The Hall–Kier alpha value is -0.950. The van der Waals surface area contributed by atoms with Crippen molar-refractivity contribution in [3.8, 4) is 5.75 Å². The molecule has 2 rings (SSSR count).